The molecule has 0 aliphatic carbocycles. The molecule has 1 aromatic carbocycles. The fourth-order valence-electron chi connectivity index (χ4n) is 3.91. The number of halogens is 1. The molecule has 28 heavy (non-hydrogen) atoms. The molecule has 0 bridgehead atoms. The Labute approximate surface area is 169 Å². The van der Waals surface area contributed by atoms with Gasteiger partial charge in [-0.15, -0.1) is 10.2 Å². The second-order valence-electron chi connectivity index (χ2n) is 7.50. The summed E-state index contributed by atoms with van der Waals surface area (Å²) in [6, 6.07) is 11.4. The molecular formula is C21H24ClN5O. The van der Waals surface area contributed by atoms with E-state index in [1.165, 1.54) is 0 Å². The molecule has 1 amide bonds. The monoisotopic (exact) mass is 397 g/mol. The van der Waals surface area contributed by atoms with E-state index in [-0.39, 0.29) is 5.91 Å². The number of likely N-dealkylation sites (tertiary alicyclic amines) is 1. The number of nitrogens with zero attached hydrogens (tertiary/aromatic N) is 4. The third kappa shape index (κ3) is 4.34. The molecule has 1 saturated heterocycles. The Bertz CT molecular complexity index is 986. The van der Waals surface area contributed by atoms with Crippen molar-refractivity contribution in [2.45, 2.75) is 26.2 Å². The molecule has 3 aromatic rings. The summed E-state index contributed by atoms with van der Waals surface area (Å²) in [5.74, 6) is 1.48. The van der Waals surface area contributed by atoms with E-state index in [0.29, 0.717) is 17.5 Å². The summed E-state index contributed by atoms with van der Waals surface area (Å²) in [5, 5.41) is 12.3. The molecule has 1 fully saturated rings. The van der Waals surface area contributed by atoms with Crippen LogP contribution in [0.5, 0.6) is 0 Å². The van der Waals surface area contributed by atoms with E-state index in [9.17, 15) is 4.79 Å². The van der Waals surface area contributed by atoms with Gasteiger partial charge in [0, 0.05) is 29.9 Å². The van der Waals surface area contributed by atoms with Gasteiger partial charge in [-0.05, 0) is 68.1 Å². The van der Waals surface area contributed by atoms with Crippen molar-refractivity contribution in [3.8, 4) is 0 Å². The first-order valence-corrected chi connectivity index (χ1v) is 10.0. The molecule has 1 aliphatic rings. The molecule has 146 valence electrons. The quantitative estimate of drug-likeness (QED) is 0.714. The van der Waals surface area contributed by atoms with Gasteiger partial charge in [-0.2, -0.15) is 0 Å². The molecule has 1 unspecified atom stereocenters. The van der Waals surface area contributed by atoms with E-state index in [4.69, 9.17) is 11.6 Å². The third-order valence-corrected chi connectivity index (χ3v) is 5.52. The lowest BCUT2D eigenvalue weighted by Gasteiger charge is -2.32. The summed E-state index contributed by atoms with van der Waals surface area (Å²) in [5.41, 5.74) is 2.66. The van der Waals surface area contributed by atoms with Gasteiger partial charge < -0.3 is 5.32 Å². The number of hydrogen-bond donors (Lipinski definition) is 1. The van der Waals surface area contributed by atoms with E-state index < -0.39 is 0 Å². The Balaban J connectivity index is 1.35. The van der Waals surface area contributed by atoms with Crippen LogP contribution in [0.3, 0.4) is 0 Å². The number of benzene rings is 1. The van der Waals surface area contributed by atoms with E-state index in [1.807, 2.05) is 43.5 Å². The zero-order chi connectivity index (χ0) is 19.5. The van der Waals surface area contributed by atoms with Crippen molar-refractivity contribution in [3.63, 3.8) is 0 Å². The maximum Gasteiger partial charge on any atom is 0.238 e. The fourth-order valence-corrected chi connectivity index (χ4v) is 4.14. The molecular weight excluding hydrogens is 374 g/mol. The second-order valence-corrected chi connectivity index (χ2v) is 7.94. The summed E-state index contributed by atoms with van der Waals surface area (Å²) < 4.78 is 2.05. The van der Waals surface area contributed by atoms with Crippen LogP contribution in [0.4, 0.5) is 5.69 Å². The van der Waals surface area contributed by atoms with Gasteiger partial charge >= 0.3 is 0 Å². The summed E-state index contributed by atoms with van der Waals surface area (Å²) in [7, 11) is 0. The van der Waals surface area contributed by atoms with Crippen molar-refractivity contribution in [2.24, 2.45) is 5.92 Å². The van der Waals surface area contributed by atoms with Gasteiger partial charge in [0.15, 0.2) is 5.65 Å². The van der Waals surface area contributed by atoms with Crippen molar-refractivity contribution in [1.29, 1.82) is 0 Å². The number of aryl methyl sites for hydroxylation is 1. The number of amides is 1. The topological polar surface area (TPSA) is 62.5 Å². The van der Waals surface area contributed by atoms with Gasteiger partial charge in [0.1, 0.15) is 5.82 Å². The zero-order valence-electron chi connectivity index (χ0n) is 15.9. The van der Waals surface area contributed by atoms with Crippen molar-refractivity contribution in [2.75, 3.05) is 25.0 Å². The largest absolute Gasteiger partial charge is 0.325 e. The number of carbonyl (C=O) groups is 1. The number of nitrogens with one attached hydrogen (secondary N) is 1. The second kappa shape index (κ2) is 8.29. The summed E-state index contributed by atoms with van der Waals surface area (Å²) in [4.78, 5) is 14.7. The van der Waals surface area contributed by atoms with Crippen molar-refractivity contribution in [1.82, 2.24) is 19.5 Å². The van der Waals surface area contributed by atoms with Crippen molar-refractivity contribution >= 4 is 28.8 Å². The average Bonchev–Trinajstić information content (AvgIpc) is 3.07. The first-order valence-electron chi connectivity index (χ1n) is 9.65. The molecule has 3 heterocycles. The number of hydrogen-bond acceptors (Lipinski definition) is 4. The summed E-state index contributed by atoms with van der Waals surface area (Å²) >= 11 is 5.99. The van der Waals surface area contributed by atoms with Crippen molar-refractivity contribution in [3.05, 3.63) is 59.0 Å². The minimum absolute atomic E-state index is 0.0130. The van der Waals surface area contributed by atoms with Crippen LogP contribution in [0, 0.1) is 12.8 Å². The van der Waals surface area contributed by atoms with Crippen LogP contribution in [0.15, 0.2) is 42.6 Å². The highest BCUT2D eigenvalue weighted by Crippen LogP contribution is 2.22. The third-order valence-electron chi connectivity index (χ3n) is 5.29. The zero-order valence-corrected chi connectivity index (χ0v) is 16.7. The molecule has 2 aromatic heterocycles. The first kappa shape index (κ1) is 18.9. The van der Waals surface area contributed by atoms with Gasteiger partial charge in [-0.25, -0.2) is 0 Å². The summed E-state index contributed by atoms with van der Waals surface area (Å²) in [6.07, 6.45) is 5.12. The predicted molar refractivity (Wildman–Crippen MR) is 111 cm³/mol. The Morgan fingerprint density at radius 2 is 2.18 bits per heavy atom. The number of rotatable bonds is 5. The van der Waals surface area contributed by atoms with Gasteiger partial charge in [0.05, 0.1) is 6.54 Å². The molecule has 1 atom stereocenters. The highest BCUT2D eigenvalue weighted by atomic mass is 35.5. The van der Waals surface area contributed by atoms with Gasteiger partial charge in [-0.1, -0.05) is 17.7 Å². The van der Waals surface area contributed by atoms with Crippen LogP contribution in [-0.2, 0) is 11.2 Å². The normalized spacial score (nSPS) is 17.7. The minimum Gasteiger partial charge on any atom is -0.325 e. The van der Waals surface area contributed by atoms with Crippen LogP contribution < -0.4 is 5.32 Å². The Kier molecular flexibility index (Phi) is 5.59. The molecule has 0 saturated carbocycles. The van der Waals surface area contributed by atoms with Gasteiger partial charge in [0.25, 0.3) is 0 Å². The smallest absolute Gasteiger partial charge is 0.238 e. The maximum atomic E-state index is 12.5. The van der Waals surface area contributed by atoms with Crippen LogP contribution in [0.2, 0.25) is 5.02 Å². The molecule has 1 aliphatic heterocycles. The predicted octanol–water partition coefficient (Wildman–Crippen LogP) is 3.58. The Morgan fingerprint density at radius 3 is 3.04 bits per heavy atom. The van der Waals surface area contributed by atoms with Crippen molar-refractivity contribution < 1.29 is 4.79 Å². The van der Waals surface area contributed by atoms with Crippen LogP contribution in [-0.4, -0.2) is 45.0 Å². The Hall–Kier alpha value is -2.44. The van der Waals surface area contributed by atoms with E-state index in [0.717, 1.165) is 55.1 Å². The van der Waals surface area contributed by atoms with Gasteiger partial charge in [0.2, 0.25) is 5.91 Å². The first-order chi connectivity index (χ1) is 13.6. The number of aromatic nitrogens is 3. The highest BCUT2D eigenvalue weighted by Gasteiger charge is 2.23. The van der Waals surface area contributed by atoms with Crippen LogP contribution in [0.1, 0.15) is 24.2 Å². The number of anilines is 1. The molecule has 6 nitrogen and oxygen atoms in total. The van der Waals surface area contributed by atoms with Crippen LogP contribution >= 0.6 is 11.6 Å². The van der Waals surface area contributed by atoms with E-state index >= 15 is 0 Å². The number of pyridine rings is 1. The summed E-state index contributed by atoms with van der Waals surface area (Å²) in [6.45, 7) is 4.19. The lowest BCUT2D eigenvalue weighted by molar-refractivity contribution is -0.117. The number of fused-ring (bicyclic) bond motifs is 1. The molecule has 4 rings (SSSR count). The highest BCUT2D eigenvalue weighted by molar-refractivity contribution is 6.30. The SMILES string of the molecule is Cc1cc(Cl)ccc1NC(=O)CN1CCCC(Cc2nnc3ccccn23)C1. The lowest BCUT2D eigenvalue weighted by atomic mass is 9.94. The standard InChI is InChI=1S/C21H24ClN5O/c1-15-11-17(22)7-8-18(15)23-21(28)14-26-9-4-5-16(13-26)12-20-25-24-19-6-2-3-10-27(19)20/h2-3,6-8,10-11,16H,4-5,9,12-14H2,1H3,(H,23,28). The Morgan fingerprint density at radius 1 is 1.29 bits per heavy atom. The molecule has 1 N–H and O–H groups in total. The van der Waals surface area contributed by atoms with Gasteiger partial charge in [-0.3, -0.25) is 14.1 Å². The molecule has 0 spiro atoms. The number of piperidine rings is 1. The average molecular weight is 398 g/mol. The molecule has 7 heteroatoms. The fraction of sp³-hybridized carbons (Fsp3) is 0.381. The minimum atomic E-state index is 0.0130. The number of carbonyl (C=O) groups excluding carboxylic acids is 1. The maximum absolute atomic E-state index is 12.5. The van der Waals surface area contributed by atoms with E-state index in [1.54, 1.807) is 6.07 Å². The van der Waals surface area contributed by atoms with Crippen LogP contribution in [0.25, 0.3) is 5.65 Å². The lowest BCUT2D eigenvalue weighted by Crippen LogP contribution is -2.41. The molecule has 0 radical (unpaired) electrons. The van der Waals surface area contributed by atoms with E-state index in [2.05, 4.69) is 24.8 Å².